The number of nitrogens with one attached hydrogen (secondary N) is 1. The number of amides is 3. The molecule has 2 aromatic carbocycles. The Morgan fingerprint density at radius 3 is 2.35 bits per heavy atom. The molecule has 0 spiro atoms. The molecule has 2 aliphatic rings. The molecule has 3 heterocycles. The number of benzene rings is 2. The van der Waals surface area contributed by atoms with Crippen molar-refractivity contribution in [2.75, 3.05) is 26.2 Å². The van der Waals surface area contributed by atoms with Gasteiger partial charge >= 0.3 is 12.1 Å². The molecule has 1 N–H and O–H groups in total. The zero-order chi connectivity index (χ0) is 35.1. The number of piperidine rings is 1. The summed E-state index contributed by atoms with van der Waals surface area (Å²) in [6.07, 6.45) is 4.78. The molecule has 0 bridgehead atoms. The van der Waals surface area contributed by atoms with E-state index in [-0.39, 0.29) is 23.9 Å². The van der Waals surface area contributed by atoms with Gasteiger partial charge in [0.1, 0.15) is 11.4 Å². The molecule has 3 aromatic rings. The van der Waals surface area contributed by atoms with Gasteiger partial charge < -0.3 is 24.4 Å². The standard InChI is InChI=1S/C23H33N3O4.C15H17ClN2/c1-16-8-6-7-9-19(16)23(17(2)27)14-26(15-23)20(28)24-18-10-12-25(13-11-18)21(29)30-22(3,4)5;1-2-5-14-11-12-10-13(16)6-7-15(12)18(14)9-4-3-8-17/h6-9,18H,10-15H2,1-5H3,(H,24,28);6-7,10-11H,2-5,9H2,1H3. The molecule has 0 aliphatic carbocycles. The molecule has 2 fully saturated rings. The lowest BCUT2D eigenvalue weighted by molar-refractivity contribution is -0.127. The molecular formula is C38H50ClN5O4. The van der Waals surface area contributed by atoms with Crippen molar-refractivity contribution in [3.05, 3.63) is 70.4 Å². The minimum atomic E-state index is -0.608. The number of likely N-dealkylation sites (tertiary alicyclic amines) is 2. The third-order valence-electron chi connectivity index (χ3n) is 9.14. The van der Waals surface area contributed by atoms with Crippen molar-refractivity contribution in [1.29, 1.82) is 5.26 Å². The van der Waals surface area contributed by atoms with Gasteiger partial charge in [0.15, 0.2) is 0 Å². The normalized spacial score (nSPS) is 16.0. The number of ketones is 1. The average Bonchev–Trinajstić information content (AvgIpc) is 3.33. The van der Waals surface area contributed by atoms with Crippen LogP contribution in [0, 0.1) is 18.3 Å². The summed E-state index contributed by atoms with van der Waals surface area (Å²) in [5, 5.41) is 13.7. The smallest absolute Gasteiger partial charge is 0.410 e. The number of halogens is 1. The van der Waals surface area contributed by atoms with Gasteiger partial charge in [0, 0.05) is 66.8 Å². The van der Waals surface area contributed by atoms with E-state index in [1.807, 2.05) is 64.1 Å². The number of fused-ring (bicyclic) bond motifs is 1. The number of nitrogens with zero attached hydrogens (tertiary/aromatic N) is 4. The second-order valence-corrected chi connectivity index (χ2v) is 14.4. The van der Waals surface area contributed by atoms with E-state index in [9.17, 15) is 14.4 Å². The van der Waals surface area contributed by atoms with Crippen molar-refractivity contribution < 1.29 is 19.1 Å². The second kappa shape index (κ2) is 15.9. The maximum Gasteiger partial charge on any atom is 0.410 e. The fourth-order valence-electron chi connectivity index (χ4n) is 6.58. The quantitative estimate of drug-likeness (QED) is 0.245. The average molecular weight is 676 g/mol. The summed E-state index contributed by atoms with van der Waals surface area (Å²) < 4.78 is 7.74. The van der Waals surface area contributed by atoms with Crippen LogP contribution in [0.4, 0.5) is 9.59 Å². The lowest BCUT2D eigenvalue weighted by Gasteiger charge is -2.49. The van der Waals surface area contributed by atoms with Crippen molar-refractivity contribution >= 4 is 40.4 Å². The zero-order valence-electron chi connectivity index (χ0n) is 29.3. The summed E-state index contributed by atoms with van der Waals surface area (Å²) in [6.45, 7) is 14.2. The number of ether oxygens (including phenoxy) is 1. The molecule has 0 saturated carbocycles. The Morgan fingerprint density at radius 2 is 1.75 bits per heavy atom. The van der Waals surface area contributed by atoms with Crippen LogP contribution >= 0.6 is 11.6 Å². The molecule has 0 unspecified atom stereocenters. The molecule has 0 radical (unpaired) electrons. The molecule has 258 valence electrons. The highest BCUT2D eigenvalue weighted by atomic mass is 35.5. The van der Waals surface area contributed by atoms with Gasteiger partial charge in [-0.2, -0.15) is 5.26 Å². The highest BCUT2D eigenvalue weighted by molar-refractivity contribution is 6.31. The van der Waals surface area contributed by atoms with Gasteiger partial charge in [0.25, 0.3) is 0 Å². The number of aromatic nitrogens is 1. The number of unbranched alkanes of at least 4 members (excludes halogenated alkanes) is 1. The Bertz CT molecular complexity index is 1640. The predicted octanol–water partition coefficient (Wildman–Crippen LogP) is 7.80. The Morgan fingerprint density at radius 1 is 1.06 bits per heavy atom. The molecule has 1 aromatic heterocycles. The largest absolute Gasteiger partial charge is 0.444 e. The SMILES string of the molecule is CC(=O)C1(c2ccccc2C)CN(C(=O)NC2CCN(C(=O)OC(C)(C)C)CC2)C1.CCCc1cc2cc(Cl)ccc2n1CCCC#N. The highest BCUT2D eigenvalue weighted by Gasteiger charge is 2.51. The monoisotopic (exact) mass is 675 g/mol. The summed E-state index contributed by atoms with van der Waals surface area (Å²) in [5.41, 5.74) is 3.52. The summed E-state index contributed by atoms with van der Waals surface area (Å²) >= 11 is 6.03. The molecular weight excluding hydrogens is 626 g/mol. The van der Waals surface area contributed by atoms with E-state index in [2.05, 4.69) is 35.0 Å². The molecule has 10 heteroatoms. The molecule has 5 rings (SSSR count). The maximum absolute atomic E-state index is 12.7. The molecule has 48 heavy (non-hydrogen) atoms. The minimum Gasteiger partial charge on any atom is -0.444 e. The number of Topliss-reactive ketones (excluding diaryl/α,β-unsaturated/α-hetero) is 1. The lowest BCUT2D eigenvalue weighted by atomic mass is 9.69. The lowest BCUT2D eigenvalue weighted by Crippen LogP contribution is -2.67. The summed E-state index contributed by atoms with van der Waals surface area (Å²) in [4.78, 5) is 40.7. The van der Waals surface area contributed by atoms with Crippen LogP contribution in [0.2, 0.25) is 5.02 Å². The first kappa shape index (κ1) is 36.8. The number of aryl methyl sites for hydroxylation is 3. The maximum atomic E-state index is 12.7. The van der Waals surface area contributed by atoms with Crippen LogP contribution in [-0.2, 0) is 27.9 Å². The second-order valence-electron chi connectivity index (χ2n) is 14.0. The van der Waals surface area contributed by atoms with Gasteiger partial charge in [-0.1, -0.05) is 49.2 Å². The first-order valence-electron chi connectivity index (χ1n) is 17.0. The van der Waals surface area contributed by atoms with Crippen molar-refractivity contribution in [1.82, 2.24) is 19.7 Å². The highest BCUT2D eigenvalue weighted by Crippen LogP contribution is 2.37. The van der Waals surface area contributed by atoms with Gasteiger partial charge in [-0.3, -0.25) is 4.79 Å². The van der Waals surface area contributed by atoms with Crippen LogP contribution in [0.25, 0.3) is 10.9 Å². The molecule has 9 nitrogen and oxygen atoms in total. The fourth-order valence-corrected chi connectivity index (χ4v) is 6.76. The first-order valence-corrected chi connectivity index (χ1v) is 17.4. The third-order valence-corrected chi connectivity index (χ3v) is 9.38. The van der Waals surface area contributed by atoms with Crippen molar-refractivity contribution in [2.45, 2.75) is 104 Å². The van der Waals surface area contributed by atoms with Gasteiger partial charge in [0.05, 0.1) is 11.5 Å². The number of hydrogen-bond donors (Lipinski definition) is 1. The Labute approximate surface area is 290 Å². The predicted molar refractivity (Wildman–Crippen MR) is 190 cm³/mol. The van der Waals surface area contributed by atoms with E-state index in [0.29, 0.717) is 45.4 Å². The van der Waals surface area contributed by atoms with E-state index in [4.69, 9.17) is 21.6 Å². The van der Waals surface area contributed by atoms with Gasteiger partial charge in [-0.05, 0) is 95.7 Å². The third kappa shape index (κ3) is 8.90. The van der Waals surface area contributed by atoms with E-state index in [1.165, 1.54) is 16.6 Å². The summed E-state index contributed by atoms with van der Waals surface area (Å²) in [6, 6.07) is 18.2. The van der Waals surface area contributed by atoms with Gasteiger partial charge in [-0.15, -0.1) is 0 Å². The van der Waals surface area contributed by atoms with E-state index < -0.39 is 11.0 Å². The van der Waals surface area contributed by atoms with Crippen molar-refractivity contribution in [2.24, 2.45) is 0 Å². The minimum absolute atomic E-state index is 0.0157. The molecule has 2 saturated heterocycles. The number of rotatable bonds is 8. The number of hydrogen-bond acceptors (Lipinski definition) is 5. The first-order chi connectivity index (χ1) is 22.8. The Hall–Kier alpha value is -4.03. The van der Waals surface area contributed by atoms with Crippen LogP contribution in [-0.4, -0.2) is 70.1 Å². The van der Waals surface area contributed by atoms with E-state index in [1.54, 1.807) is 16.7 Å². The number of urea groups is 1. The van der Waals surface area contributed by atoms with Crippen LogP contribution in [0.15, 0.2) is 48.5 Å². The number of carbonyl (C=O) groups is 3. The van der Waals surface area contributed by atoms with Crippen LogP contribution in [0.1, 0.15) is 83.5 Å². The number of carbonyl (C=O) groups excluding carboxylic acids is 3. The van der Waals surface area contributed by atoms with Crippen molar-refractivity contribution in [3.8, 4) is 6.07 Å². The Balaban J connectivity index is 0.000000246. The molecule has 2 aliphatic heterocycles. The van der Waals surface area contributed by atoms with Crippen molar-refractivity contribution in [3.63, 3.8) is 0 Å². The van der Waals surface area contributed by atoms with E-state index in [0.717, 1.165) is 42.0 Å². The summed E-state index contributed by atoms with van der Waals surface area (Å²) in [7, 11) is 0. The van der Waals surface area contributed by atoms with Gasteiger partial charge in [0.2, 0.25) is 0 Å². The summed E-state index contributed by atoms with van der Waals surface area (Å²) in [5.74, 6) is 0.0894. The van der Waals surface area contributed by atoms with Crippen LogP contribution in [0.3, 0.4) is 0 Å². The van der Waals surface area contributed by atoms with Gasteiger partial charge in [-0.25, -0.2) is 9.59 Å². The van der Waals surface area contributed by atoms with Crippen LogP contribution < -0.4 is 5.32 Å². The topological polar surface area (TPSA) is 108 Å². The molecule has 0 atom stereocenters. The fraction of sp³-hybridized carbons (Fsp3) is 0.526. The zero-order valence-corrected chi connectivity index (χ0v) is 30.0. The van der Waals surface area contributed by atoms with Crippen LogP contribution in [0.5, 0.6) is 0 Å². The number of nitriles is 1. The Kier molecular flexibility index (Phi) is 12.2. The van der Waals surface area contributed by atoms with E-state index >= 15 is 0 Å². The molecule has 3 amide bonds.